The molecule has 1 saturated carbocycles. The SMILES string of the molecule is CN1CC2(CC(n3cc(C(F)(F)F)c(-c4ccccc4F)n3)C2)C1. The third-order valence-electron chi connectivity index (χ3n) is 5.09. The van der Waals surface area contributed by atoms with E-state index in [1.165, 1.54) is 22.9 Å². The summed E-state index contributed by atoms with van der Waals surface area (Å²) in [6.45, 7) is 1.97. The van der Waals surface area contributed by atoms with E-state index >= 15 is 0 Å². The number of nitrogens with zero attached hydrogens (tertiary/aromatic N) is 3. The first-order chi connectivity index (χ1) is 11.3. The van der Waals surface area contributed by atoms with E-state index in [4.69, 9.17) is 0 Å². The monoisotopic (exact) mass is 339 g/mol. The van der Waals surface area contributed by atoms with Gasteiger partial charge < -0.3 is 4.90 Å². The van der Waals surface area contributed by atoms with E-state index in [0.717, 1.165) is 38.2 Å². The lowest BCUT2D eigenvalue weighted by Gasteiger charge is -2.58. The molecule has 1 aliphatic heterocycles. The molecule has 3 nitrogen and oxygen atoms in total. The Morgan fingerprint density at radius 1 is 1.17 bits per heavy atom. The zero-order valence-electron chi connectivity index (χ0n) is 13.1. The lowest BCUT2D eigenvalue weighted by Crippen LogP contribution is -2.60. The number of rotatable bonds is 2. The number of benzene rings is 1. The molecule has 0 atom stereocenters. The molecule has 4 rings (SSSR count). The quantitative estimate of drug-likeness (QED) is 0.772. The van der Waals surface area contributed by atoms with Crippen LogP contribution >= 0.6 is 0 Å². The summed E-state index contributed by atoms with van der Waals surface area (Å²) in [4.78, 5) is 2.20. The van der Waals surface area contributed by atoms with Gasteiger partial charge in [-0.1, -0.05) is 12.1 Å². The predicted octanol–water partition coefficient (Wildman–Crippen LogP) is 3.97. The third-order valence-corrected chi connectivity index (χ3v) is 5.09. The van der Waals surface area contributed by atoms with Crippen LogP contribution in [-0.4, -0.2) is 34.8 Å². The summed E-state index contributed by atoms with van der Waals surface area (Å²) in [7, 11) is 2.03. The highest BCUT2D eigenvalue weighted by Crippen LogP contribution is 2.54. The van der Waals surface area contributed by atoms with Crippen LogP contribution in [-0.2, 0) is 6.18 Å². The van der Waals surface area contributed by atoms with Crippen LogP contribution in [0.3, 0.4) is 0 Å². The minimum Gasteiger partial charge on any atom is -0.305 e. The average Bonchev–Trinajstić information content (AvgIpc) is 2.86. The molecule has 0 amide bonds. The Balaban J connectivity index is 1.67. The maximum atomic E-state index is 14.0. The van der Waals surface area contributed by atoms with Crippen LogP contribution in [0.15, 0.2) is 30.5 Å². The first-order valence-corrected chi connectivity index (χ1v) is 7.87. The molecule has 128 valence electrons. The molecule has 2 fully saturated rings. The number of alkyl halides is 3. The lowest BCUT2D eigenvalue weighted by molar-refractivity contribution is -0.137. The van der Waals surface area contributed by atoms with Crippen LogP contribution in [0.5, 0.6) is 0 Å². The van der Waals surface area contributed by atoms with E-state index in [1.54, 1.807) is 0 Å². The molecule has 7 heteroatoms. The van der Waals surface area contributed by atoms with Gasteiger partial charge in [-0.15, -0.1) is 0 Å². The van der Waals surface area contributed by atoms with Gasteiger partial charge in [0.1, 0.15) is 17.1 Å². The second-order valence-electron chi connectivity index (χ2n) is 7.08. The van der Waals surface area contributed by atoms with Crippen molar-refractivity contribution in [3.63, 3.8) is 0 Å². The van der Waals surface area contributed by atoms with Gasteiger partial charge in [0.2, 0.25) is 0 Å². The molecule has 2 heterocycles. The van der Waals surface area contributed by atoms with Crippen LogP contribution in [0, 0.1) is 11.2 Å². The van der Waals surface area contributed by atoms with Crippen molar-refractivity contribution in [2.24, 2.45) is 5.41 Å². The van der Waals surface area contributed by atoms with E-state index in [1.807, 2.05) is 7.05 Å². The maximum absolute atomic E-state index is 14.0. The molecule has 0 bridgehead atoms. The highest BCUT2D eigenvalue weighted by Gasteiger charge is 2.52. The number of likely N-dealkylation sites (tertiary alicyclic amines) is 1. The first-order valence-electron chi connectivity index (χ1n) is 7.87. The summed E-state index contributed by atoms with van der Waals surface area (Å²) < 4.78 is 55.4. The van der Waals surface area contributed by atoms with Gasteiger partial charge in [0.05, 0.1) is 6.04 Å². The highest BCUT2D eigenvalue weighted by atomic mass is 19.4. The second-order valence-corrected chi connectivity index (χ2v) is 7.08. The van der Waals surface area contributed by atoms with Crippen LogP contribution in [0.4, 0.5) is 17.6 Å². The molecule has 2 aromatic rings. The highest BCUT2D eigenvalue weighted by molar-refractivity contribution is 5.64. The first kappa shape index (κ1) is 15.6. The fourth-order valence-corrected chi connectivity index (χ4v) is 4.12. The molecule has 1 aromatic carbocycles. The summed E-state index contributed by atoms with van der Waals surface area (Å²) in [5, 5.41) is 4.12. The number of aromatic nitrogens is 2. The predicted molar refractivity (Wildman–Crippen MR) is 80.8 cm³/mol. The number of hydrogen-bond donors (Lipinski definition) is 0. The van der Waals surface area contributed by atoms with Gasteiger partial charge in [-0.05, 0) is 37.4 Å². The Bertz CT molecular complexity index is 766. The molecule has 2 aliphatic rings. The fourth-order valence-electron chi connectivity index (χ4n) is 4.12. The Morgan fingerprint density at radius 2 is 1.83 bits per heavy atom. The molecule has 24 heavy (non-hydrogen) atoms. The number of halogens is 4. The lowest BCUT2D eigenvalue weighted by atomic mass is 9.61. The van der Waals surface area contributed by atoms with E-state index in [9.17, 15) is 17.6 Å². The van der Waals surface area contributed by atoms with Crippen LogP contribution < -0.4 is 0 Å². The standard InChI is InChI=1S/C17H17F4N3/c1-23-9-16(10-23)6-11(7-16)24-8-13(17(19,20)21)15(22-24)12-4-2-3-5-14(12)18/h2-5,8,11H,6-7,9-10H2,1H3. The summed E-state index contributed by atoms with van der Waals surface area (Å²) in [5.74, 6) is -0.695. The average molecular weight is 339 g/mol. The second kappa shape index (κ2) is 5.05. The molecule has 1 aliphatic carbocycles. The van der Waals surface area contributed by atoms with Crippen molar-refractivity contribution in [2.75, 3.05) is 20.1 Å². The zero-order valence-corrected chi connectivity index (χ0v) is 13.1. The molecule has 1 aromatic heterocycles. The Hall–Kier alpha value is -1.89. The van der Waals surface area contributed by atoms with E-state index < -0.39 is 17.6 Å². The van der Waals surface area contributed by atoms with Crippen molar-refractivity contribution >= 4 is 0 Å². The molecular weight excluding hydrogens is 322 g/mol. The Morgan fingerprint density at radius 3 is 2.42 bits per heavy atom. The summed E-state index contributed by atoms with van der Waals surface area (Å²) in [5.41, 5.74) is -1.07. The van der Waals surface area contributed by atoms with E-state index in [0.29, 0.717) is 0 Å². The largest absolute Gasteiger partial charge is 0.420 e. The van der Waals surface area contributed by atoms with Crippen LogP contribution in [0.1, 0.15) is 24.4 Å². The molecule has 1 spiro atoms. The molecule has 1 saturated heterocycles. The Kier molecular flexibility index (Phi) is 3.29. The summed E-state index contributed by atoms with van der Waals surface area (Å²) in [6.07, 6.45) is -1.88. The van der Waals surface area contributed by atoms with E-state index in [-0.39, 0.29) is 22.7 Å². The summed E-state index contributed by atoms with van der Waals surface area (Å²) >= 11 is 0. The van der Waals surface area contributed by atoms with E-state index in [2.05, 4.69) is 10.00 Å². The van der Waals surface area contributed by atoms with Gasteiger partial charge in [0.25, 0.3) is 0 Å². The minimum absolute atomic E-state index is 0.0414. The fraction of sp³-hybridized carbons (Fsp3) is 0.471. The van der Waals surface area contributed by atoms with Gasteiger partial charge in [-0.25, -0.2) is 4.39 Å². The smallest absolute Gasteiger partial charge is 0.305 e. The third kappa shape index (κ3) is 2.42. The number of hydrogen-bond acceptors (Lipinski definition) is 2. The van der Waals surface area contributed by atoms with Crippen molar-refractivity contribution in [2.45, 2.75) is 25.1 Å². The van der Waals surface area contributed by atoms with Gasteiger partial charge in [0.15, 0.2) is 0 Å². The maximum Gasteiger partial charge on any atom is 0.420 e. The van der Waals surface area contributed by atoms with Crippen molar-refractivity contribution in [1.29, 1.82) is 0 Å². The molecular formula is C17H17F4N3. The molecule has 0 unspecified atom stereocenters. The zero-order chi connectivity index (χ0) is 17.1. The van der Waals surface area contributed by atoms with Gasteiger partial charge in [-0.2, -0.15) is 18.3 Å². The van der Waals surface area contributed by atoms with Crippen molar-refractivity contribution in [3.8, 4) is 11.3 Å². The van der Waals surface area contributed by atoms with Crippen molar-refractivity contribution < 1.29 is 17.6 Å². The normalized spacial score (nSPS) is 20.9. The van der Waals surface area contributed by atoms with Gasteiger partial charge >= 0.3 is 6.18 Å². The van der Waals surface area contributed by atoms with Gasteiger partial charge in [0, 0.05) is 24.8 Å². The van der Waals surface area contributed by atoms with Crippen molar-refractivity contribution in [1.82, 2.24) is 14.7 Å². The minimum atomic E-state index is -4.56. The molecule has 0 radical (unpaired) electrons. The van der Waals surface area contributed by atoms with Gasteiger partial charge in [-0.3, -0.25) is 4.68 Å². The molecule has 0 N–H and O–H groups in total. The Labute approximate surface area is 136 Å². The van der Waals surface area contributed by atoms with Crippen LogP contribution in [0.25, 0.3) is 11.3 Å². The summed E-state index contributed by atoms with van der Waals surface area (Å²) in [6, 6.07) is 5.41. The topological polar surface area (TPSA) is 21.1 Å². The van der Waals surface area contributed by atoms with Crippen LogP contribution in [0.2, 0.25) is 0 Å². The van der Waals surface area contributed by atoms with Crippen molar-refractivity contribution in [3.05, 3.63) is 41.8 Å².